The highest BCUT2D eigenvalue weighted by Crippen LogP contribution is 2.28. The molecule has 22 heavy (non-hydrogen) atoms. The van der Waals surface area contributed by atoms with Gasteiger partial charge in [0, 0.05) is 5.56 Å². The van der Waals surface area contributed by atoms with Crippen LogP contribution in [0, 0.1) is 17.6 Å². The number of halogens is 2. The maximum atomic E-state index is 13.6. The maximum Gasteiger partial charge on any atom is 0.325 e. The van der Waals surface area contributed by atoms with Crippen molar-refractivity contribution in [3.63, 3.8) is 0 Å². The van der Waals surface area contributed by atoms with Gasteiger partial charge in [-0.05, 0) is 31.0 Å². The number of imide groups is 1. The van der Waals surface area contributed by atoms with E-state index in [2.05, 4.69) is 5.32 Å². The van der Waals surface area contributed by atoms with Crippen LogP contribution in [0.15, 0.2) is 18.2 Å². The van der Waals surface area contributed by atoms with Crippen molar-refractivity contribution in [2.75, 3.05) is 6.54 Å². The molecule has 2 atom stereocenters. The summed E-state index contributed by atoms with van der Waals surface area (Å²) in [5.41, 5.74) is -1.36. The number of β-amino-alcohol motifs (C(OH)–C–C–N with tert-alkyl or cyclic N) is 1. The largest absolute Gasteiger partial charge is 0.386 e. The van der Waals surface area contributed by atoms with Gasteiger partial charge in [-0.2, -0.15) is 0 Å². The average molecular weight is 312 g/mol. The molecule has 2 rings (SSSR count). The number of carbonyl (C=O) groups excluding carboxylic acids is 2. The van der Waals surface area contributed by atoms with Crippen LogP contribution in [0.5, 0.6) is 0 Å². The van der Waals surface area contributed by atoms with Gasteiger partial charge >= 0.3 is 6.03 Å². The first-order valence-corrected chi connectivity index (χ1v) is 6.94. The van der Waals surface area contributed by atoms with Crippen molar-refractivity contribution in [2.24, 2.45) is 5.92 Å². The molecule has 2 N–H and O–H groups in total. The molecule has 1 heterocycles. The molecule has 0 aliphatic carbocycles. The molecule has 0 spiro atoms. The lowest BCUT2D eigenvalue weighted by atomic mass is 9.88. The Bertz CT molecular complexity index is 621. The Hall–Kier alpha value is -2.02. The number of aliphatic hydroxyl groups is 1. The summed E-state index contributed by atoms with van der Waals surface area (Å²) in [5.74, 6) is -2.16. The highest BCUT2D eigenvalue weighted by atomic mass is 19.1. The number of hydrogen-bond donors (Lipinski definition) is 2. The molecule has 3 amide bonds. The summed E-state index contributed by atoms with van der Waals surface area (Å²) in [6, 6.07) is 2.00. The predicted molar refractivity (Wildman–Crippen MR) is 74.8 cm³/mol. The van der Waals surface area contributed by atoms with Crippen LogP contribution >= 0.6 is 0 Å². The van der Waals surface area contributed by atoms with E-state index in [1.54, 1.807) is 20.8 Å². The van der Waals surface area contributed by atoms with Crippen LogP contribution in [0.4, 0.5) is 13.6 Å². The van der Waals surface area contributed by atoms with E-state index in [0.717, 1.165) is 23.1 Å². The van der Waals surface area contributed by atoms with Crippen LogP contribution in [0.1, 0.15) is 32.4 Å². The fourth-order valence-corrected chi connectivity index (χ4v) is 2.31. The van der Waals surface area contributed by atoms with Crippen molar-refractivity contribution in [3.05, 3.63) is 35.4 Å². The van der Waals surface area contributed by atoms with Gasteiger partial charge in [0.05, 0.1) is 6.54 Å². The molecule has 1 aromatic rings. The molecule has 0 saturated carbocycles. The smallest absolute Gasteiger partial charge is 0.325 e. The lowest BCUT2D eigenvalue weighted by Crippen LogP contribution is -2.48. The molecule has 0 aromatic heterocycles. The van der Waals surface area contributed by atoms with Crippen LogP contribution in [0.2, 0.25) is 0 Å². The monoisotopic (exact) mass is 312 g/mol. The normalized spacial score (nSPS) is 23.1. The first kappa shape index (κ1) is 16.4. The second-order valence-corrected chi connectivity index (χ2v) is 5.88. The number of aliphatic hydroxyl groups excluding tert-OH is 1. The number of hydrogen-bond acceptors (Lipinski definition) is 3. The molecule has 120 valence electrons. The summed E-state index contributed by atoms with van der Waals surface area (Å²) >= 11 is 0. The summed E-state index contributed by atoms with van der Waals surface area (Å²) in [5, 5.41) is 12.6. The number of rotatable bonds is 4. The fraction of sp³-hybridized carbons (Fsp3) is 0.467. The zero-order valence-electron chi connectivity index (χ0n) is 12.6. The van der Waals surface area contributed by atoms with Gasteiger partial charge < -0.3 is 10.4 Å². The summed E-state index contributed by atoms with van der Waals surface area (Å²) in [6.45, 7) is 4.72. The van der Waals surface area contributed by atoms with E-state index >= 15 is 0 Å². The molecule has 0 radical (unpaired) electrons. The van der Waals surface area contributed by atoms with Crippen LogP contribution in [0.3, 0.4) is 0 Å². The van der Waals surface area contributed by atoms with Gasteiger partial charge in [0.25, 0.3) is 5.91 Å². The molecule has 1 fully saturated rings. The van der Waals surface area contributed by atoms with E-state index in [0.29, 0.717) is 0 Å². The molecule has 0 bridgehead atoms. The van der Waals surface area contributed by atoms with Gasteiger partial charge in [-0.1, -0.05) is 13.8 Å². The van der Waals surface area contributed by atoms with Crippen LogP contribution in [-0.4, -0.2) is 34.0 Å². The highest BCUT2D eigenvalue weighted by Gasteiger charge is 2.50. The summed E-state index contributed by atoms with van der Waals surface area (Å²) in [6.07, 6.45) is -1.50. The Balaban J connectivity index is 2.22. The minimum atomic E-state index is -1.50. The van der Waals surface area contributed by atoms with Gasteiger partial charge in [-0.15, -0.1) is 0 Å². The van der Waals surface area contributed by atoms with Crippen molar-refractivity contribution in [2.45, 2.75) is 32.4 Å². The first-order valence-electron chi connectivity index (χ1n) is 6.94. The first-order chi connectivity index (χ1) is 10.2. The van der Waals surface area contributed by atoms with Gasteiger partial charge in [-0.3, -0.25) is 9.69 Å². The predicted octanol–water partition coefficient (Wildman–Crippen LogP) is 1.96. The minimum absolute atomic E-state index is 0.156. The van der Waals surface area contributed by atoms with Crippen LogP contribution in [-0.2, 0) is 4.79 Å². The summed E-state index contributed by atoms with van der Waals surface area (Å²) < 4.78 is 26.8. The van der Waals surface area contributed by atoms with E-state index in [1.807, 2.05) is 0 Å². The molecule has 1 aromatic carbocycles. The van der Waals surface area contributed by atoms with E-state index in [-0.39, 0.29) is 11.5 Å². The standard InChI is InChI=1S/C15H18F2N2O3/c1-8(2)15(3)13(21)19(14(22)18-15)7-12(20)10-6-9(16)4-5-11(10)17/h4-6,8,12,20H,7H2,1-3H3,(H,18,22). The Morgan fingerprint density at radius 3 is 2.50 bits per heavy atom. The van der Waals surface area contributed by atoms with Crippen LogP contribution in [0.25, 0.3) is 0 Å². The van der Waals surface area contributed by atoms with E-state index in [1.165, 1.54) is 0 Å². The van der Waals surface area contributed by atoms with Gasteiger partial charge in [0.2, 0.25) is 0 Å². The maximum absolute atomic E-state index is 13.6. The molecule has 1 saturated heterocycles. The molecular weight excluding hydrogens is 294 g/mol. The minimum Gasteiger partial charge on any atom is -0.386 e. The molecule has 1 aliphatic heterocycles. The van der Waals surface area contributed by atoms with Crippen molar-refractivity contribution < 1.29 is 23.5 Å². The molecule has 5 nitrogen and oxygen atoms in total. The number of amides is 3. The van der Waals surface area contributed by atoms with Crippen molar-refractivity contribution >= 4 is 11.9 Å². The van der Waals surface area contributed by atoms with E-state index < -0.39 is 41.8 Å². The molecule has 7 heteroatoms. The fourth-order valence-electron chi connectivity index (χ4n) is 2.31. The number of carbonyl (C=O) groups is 2. The third-order valence-corrected chi connectivity index (χ3v) is 4.13. The van der Waals surface area contributed by atoms with Gasteiger partial charge in [0.1, 0.15) is 23.3 Å². The molecule has 1 aliphatic rings. The number of nitrogens with one attached hydrogen (secondary N) is 1. The third kappa shape index (κ3) is 2.68. The average Bonchev–Trinajstić information content (AvgIpc) is 2.66. The highest BCUT2D eigenvalue weighted by molar-refractivity contribution is 6.07. The van der Waals surface area contributed by atoms with E-state index in [4.69, 9.17) is 0 Å². The van der Waals surface area contributed by atoms with Gasteiger partial charge in [0.15, 0.2) is 0 Å². The zero-order valence-corrected chi connectivity index (χ0v) is 12.6. The zero-order chi connectivity index (χ0) is 16.7. The Kier molecular flexibility index (Phi) is 4.19. The van der Waals surface area contributed by atoms with Crippen molar-refractivity contribution in [1.82, 2.24) is 10.2 Å². The van der Waals surface area contributed by atoms with Crippen molar-refractivity contribution in [1.29, 1.82) is 0 Å². The second-order valence-electron chi connectivity index (χ2n) is 5.88. The van der Waals surface area contributed by atoms with Crippen LogP contribution < -0.4 is 5.32 Å². The third-order valence-electron chi connectivity index (χ3n) is 4.13. The molecular formula is C15H18F2N2O3. The lowest BCUT2D eigenvalue weighted by molar-refractivity contribution is -0.133. The number of nitrogens with zero attached hydrogens (tertiary/aromatic N) is 1. The van der Waals surface area contributed by atoms with Crippen molar-refractivity contribution in [3.8, 4) is 0 Å². The van der Waals surface area contributed by atoms with Gasteiger partial charge in [-0.25, -0.2) is 13.6 Å². The van der Waals surface area contributed by atoms with E-state index in [9.17, 15) is 23.5 Å². The quantitative estimate of drug-likeness (QED) is 0.835. The number of urea groups is 1. The summed E-state index contributed by atoms with van der Waals surface area (Å²) in [4.78, 5) is 25.1. The summed E-state index contributed by atoms with van der Waals surface area (Å²) in [7, 11) is 0. The number of benzene rings is 1. The Morgan fingerprint density at radius 1 is 1.32 bits per heavy atom. The lowest BCUT2D eigenvalue weighted by Gasteiger charge is -2.26. The Morgan fingerprint density at radius 2 is 1.95 bits per heavy atom. The Labute approximate surface area is 126 Å². The molecule has 2 unspecified atom stereocenters. The second kappa shape index (κ2) is 5.64. The topological polar surface area (TPSA) is 69.6 Å². The SMILES string of the molecule is CC(C)C1(C)NC(=O)N(CC(O)c2cc(F)ccc2F)C1=O.